The van der Waals surface area contributed by atoms with Crippen LogP contribution >= 0.6 is 0 Å². The lowest BCUT2D eigenvalue weighted by atomic mass is 9.92. The number of halogens is 6. The van der Waals surface area contributed by atoms with Gasteiger partial charge in [-0.05, 0) is 61.9 Å². The minimum absolute atomic E-state index is 0.0155. The standard InChI is InChI=1S/C25H30F6N4O5/c1-16(12-21-14-17-13-18(24(26,27)28)2-7-22(17)40-21)32-8-10-33(11-9-32)23(36)15-39-20-5-3-19(4-6-20)34(35(37)38)25(29,30)31/h2,7,13-14,16,19-20H,3-6,8-12,15H2,1H3. The third-order valence-electron chi connectivity index (χ3n) is 7.55. The lowest BCUT2D eigenvalue weighted by Gasteiger charge is -2.38. The fraction of sp³-hybridized carbons (Fsp3) is 0.640. The molecular weight excluding hydrogens is 550 g/mol. The van der Waals surface area contributed by atoms with Gasteiger partial charge in [0.25, 0.3) is 0 Å². The Morgan fingerprint density at radius 1 is 1.10 bits per heavy atom. The molecule has 2 heterocycles. The smallest absolute Gasteiger partial charge is 0.461 e. The number of piperazine rings is 1. The fourth-order valence-corrected chi connectivity index (χ4v) is 5.38. The molecule has 1 unspecified atom stereocenters. The number of alkyl halides is 6. The van der Waals surface area contributed by atoms with Gasteiger partial charge in [0.05, 0.1) is 11.7 Å². The molecule has 0 spiro atoms. The number of hydrazine groups is 1. The first-order chi connectivity index (χ1) is 18.7. The van der Waals surface area contributed by atoms with Crippen molar-refractivity contribution in [2.24, 2.45) is 0 Å². The summed E-state index contributed by atoms with van der Waals surface area (Å²) in [5.41, 5.74) is -0.352. The van der Waals surface area contributed by atoms with Crippen molar-refractivity contribution < 1.29 is 45.3 Å². The monoisotopic (exact) mass is 580 g/mol. The molecule has 1 amide bonds. The molecule has 222 valence electrons. The van der Waals surface area contributed by atoms with Gasteiger partial charge in [-0.25, -0.2) is 10.1 Å². The maximum absolute atomic E-state index is 13.0. The lowest BCUT2D eigenvalue weighted by Crippen LogP contribution is -2.53. The maximum Gasteiger partial charge on any atom is 0.536 e. The van der Waals surface area contributed by atoms with E-state index in [2.05, 4.69) is 4.90 Å². The topological polar surface area (TPSA) is 92.3 Å². The Morgan fingerprint density at radius 2 is 1.75 bits per heavy atom. The third-order valence-corrected chi connectivity index (χ3v) is 7.55. The van der Waals surface area contributed by atoms with Gasteiger partial charge in [0, 0.05) is 44.0 Å². The van der Waals surface area contributed by atoms with E-state index >= 15 is 0 Å². The lowest BCUT2D eigenvalue weighted by molar-refractivity contribution is -0.717. The second-order valence-electron chi connectivity index (χ2n) is 10.2. The number of hydrogen-bond donors (Lipinski definition) is 0. The van der Waals surface area contributed by atoms with E-state index in [1.807, 2.05) is 6.92 Å². The Morgan fingerprint density at radius 3 is 2.33 bits per heavy atom. The summed E-state index contributed by atoms with van der Waals surface area (Å²) in [6.07, 6.45) is -9.22. The summed E-state index contributed by atoms with van der Waals surface area (Å²) in [6.45, 7) is 3.79. The minimum atomic E-state index is -5.07. The molecule has 2 aromatic rings. The maximum atomic E-state index is 13.0. The highest BCUT2D eigenvalue weighted by atomic mass is 19.4. The normalized spacial score (nSPS) is 21.9. The average Bonchev–Trinajstić information content (AvgIpc) is 3.28. The number of fused-ring (bicyclic) bond motifs is 1. The Kier molecular flexibility index (Phi) is 8.83. The second-order valence-corrected chi connectivity index (χ2v) is 10.2. The van der Waals surface area contributed by atoms with Gasteiger partial charge in [-0.1, -0.05) is 0 Å². The number of nitro groups is 1. The van der Waals surface area contributed by atoms with Crippen LogP contribution in [0.25, 0.3) is 11.0 Å². The molecule has 2 aliphatic rings. The van der Waals surface area contributed by atoms with Gasteiger partial charge in [0.2, 0.25) is 5.91 Å². The number of amides is 1. The van der Waals surface area contributed by atoms with Crippen LogP contribution in [0.5, 0.6) is 0 Å². The number of ether oxygens (including phenoxy) is 1. The van der Waals surface area contributed by atoms with E-state index in [0.29, 0.717) is 49.3 Å². The summed E-state index contributed by atoms with van der Waals surface area (Å²) in [6, 6.07) is 3.73. The molecule has 1 aromatic heterocycles. The van der Waals surface area contributed by atoms with Gasteiger partial charge in [0.1, 0.15) is 24.0 Å². The van der Waals surface area contributed by atoms with Crippen molar-refractivity contribution in [1.82, 2.24) is 14.8 Å². The van der Waals surface area contributed by atoms with Crippen molar-refractivity contribution in [3.63, 3.8) is 0 Å². The molecule has 0 radical (unpaired) electrons. The predicted molar refractivity (Wildman–Crippen MR) is 129 cm³/mol. The molecule has 0 bridgehead atoms. The Balaban J connectivity index is 1.20. The van der Waals surface area contributed by atoms with E-state index in [1.54, 1.807) is 11.0 Å². The van der Waals surface area contributed by atoms with E-state index in [1.165, 1.54) is 6.07 Å². The first-order valence-electron chi connectivity index (χ1n) is 13.0. The SMILES string of the molecule is CC(Cc1cc2cc(C(F)(F)F)ccc2o1)N1CCN(C(=O)COC2CCC(N([N+](=O)[O-])C(F)(F)F)CC2)CC1. The predicted octanol–water partition coefficient (Wildman–Crippen LogP) is 4.87. The molecule has 1 aromatic carbocycles. The number of carbonyl (C=O) groups is 1. The van der Waals surface area contributed by atoms with Crippen LogP contribution < -0.4 is 0 Å². The van der Waals surface area contributed by atoms with E-state index in [9.17, 15) is 41.3 Å². The quantitative estimate of drug-likeness (QED) is 0.191. The third kappa shape index (κ3) is 7.16. The van der Waals surface area contributed by atoms with Gasteiger partial charge in [0.15, 0.2) is 5.03 Å². The molecule has 4 rings (SSSR count). The van der Waals surface area contributed by atoms with Crippen molar-refractivity contribution in [3.05, 3.63) is 45.7 Å². The van der Waals surface area contributed by atoms with Crippen LogP contribution in [-0.2, 0) is 22.1 Å². The average molecular weight is 581 g/mol. The number of rotatable bonds is 8. The van der Waals surface area contributed by atoms with E-state index in [-0.39, 0.29) is 44.2 Å². The Labute approximate surface area is 225 Å². The molecule has 15 heteroatoms. The highest BCUT2D eigenvalue weighted by Crippen LogP contribution is 2.34. The number of hydrogen-bond acceptors (Lipinski definition) is 6. The summed E-state index contributed by atoms with van der Waals surface area (Å²) in [5.74, 6) is 0.328. The van der Waals surface area contributed by atoms with Gasteiger partial charge in [-0.3, -0.25) is 9.69 Å². The molecule has 1 saturated carbocycles. The minimum Gasteiger partial charge on any atom is -0.461 e. The van der Waals surface area contributed by atoms with Crippen LogP contribution in [0.2, 0.25) is 0 Å². The number of benzene rings is 1. The van der Waals surface area contributed by atoms with Gasteiger partial charge in [-0.2, -0.15) is 13.2 Å². The number of carbonyl (C=O) groups excluding carboxylic acids is 1. The first-order valence-corrected chi connectivity index (χ1v) is 13.0. The van der Waals surface area contributed by atoms with Crippen LogP contribution in [0.3, 0.4) is 0 Å². The summed E-state index contributed by atoms with van der Waals surface area (Å²) in [5, 5.41) is 9.13. The highest BCUT2D eigenvalue weighted by Gasteiger charge is 2.51. The van der Waals surface area contributed by atoms with Crippen LogP contribution in [0.4, 0.5) is 26.3 Å². The van der Waals surface area contributed by atoms with Gasteiger partial charge >= 0.3 is 12.5 Å². The van der Waals surface area contributed by atoms with E-state index in [0.717, 1.165) is 12.1 Å². The molecule has 1 aliphatic heterocycles. The summed E-state index contributed by atoms with van der Waals surface area (Å²) in [7, 11) is 0. The molecule has 9 nitrogen and oxygen atoms in total. The highest BCUT2D eigenvalue weighted by molar-refractivity contribution is 5.79. The Hall–Kier alpha value is -3.07. The van der Waals surface area contributed by atoms with Crippen molar-refractivity contribution in [3.8, 4) is 0 Å². The number of nitrogens with zero attached hydrogens (tertiary/aromatic N) is 4. The summed E-state index contributed by atoms with van der Waals surface area (Å²) >= 11 is 0. The summed E-state index contributed by atoms with van der Waals surface area (Å²) in [4.78, 5) is 27.3. The zero-order valence-corrected chi connectivity index (χ0v) is 21.7. The van der Waals surface area contributed by atoms with Crippen LogP contribution in [0, 0.1) is 10.1 Å². The zero-order chi connectivity index (χ0) is 29.2. The Bertz CT molecular complexity index is 1190. The molecular formula is C25H30F6N4O5. The van der Waals surface area contributed by atoms with Crippen molar-refractivity contribution >= 4 is 16.9 Å². The second kappa shape index (κ2) is 11.8. The van der Waals surface area contributed by atoms with Gasteiger partial charge < -0.3 is 14.1 Å². The molecule has 2 fully saturated rings. The van der Waals surface area contributed by atoms with Crippen molar-refractivity contribution in [2.75, 3.05) is 32.8 Å². The van der Waals surface area contributed by atoms with Gasteiger partial charge in [-0.15, -0.1) is 13.2 Å². The van der Waals surface area contributed by atoms with E-state index < -0.39 is 40.2 Å². The molecule has 40 heavy (non-hydrogen) atoms. The molecule has 1 atom stereocenters. The zero-order valence-electron chi connectivity index (χ0n) is 21.7. The van der Waals surface area contributed by atoms with Crippen molar-refractivity contribution in [2.45, 2.75) is 69.7 Å². The van der Waals surface area contributed by atoms with E-state index in [4.69, 9.17) is 9.15 Å². The van der Waals surface area contributed by atoms with Crippen molar-refractivity contribution in [1.29, 1.82) is 0 Å². The number of furan rings is 1. The van der Waals surface area contributed by atoms with Crippen LogP contribution in [-0.4, -0.2) is 83.0 Å². The first kappa shape index (κ1) is 29.9. The molecule has 1 aliphatic carbocycles. The molecule has 1 saturated heterocycles. The van der Waals surface area contributed by atoms with Crippen LogP contribution in [0.15, 0.2) is 28.7 Å². The largest absolute Gasteiger partial charge is 0.536 e. The molecule has 0 N–H and O–H groups in total. The van der Waals surface area contributed by atoms with Crippen LogP contribution in [0.1, 0.15) is 43.9 Å². The fourth-order valence-electron chi connectivity index (χ4n) is 5.38. The summed E-state index contributed by atoms with van der Waals surface area (Å²) < 4.78 is 89.1.